The molecule has 2 aromatic rings. The first-order valence-electron chi connectivity index (χ1n) is 6.58. The van der Waals surface area contributed by atoms with E-state index in [1.807, 2.05) is 6.07 Å². The van der Waals surface area contributed by atoms with Crippen LogP contribution in [0.1, 0.15) is 15.9 Å². The summed E-state index contributed by atoms with van der Waals surface area (Å²) in [6.07, 6.45) is 0.590. The lowest BCUT2D eigenvalue weighted by atomic mass is 10.1. The highest BCUT2D eigenvalue weighted by Gasteiger charge is 2.15. The van der Waals surface area contributed by atoms with E-state index in [2.05, 4.69) is 5.32 Å². The minimum atomic E-state index is -1.23. The normalized spacial score (nSPS) is 10.3. The van der Waals surface area contributed by atoms with Gasteiger partial charge in [0.2, 0.25) is 0 Å². The first-order chi connectivity index (χ1) is 10.9. The van der Waals surface area contributed by atoms with E-state index in [9.17, 15) is 14.9 Å². The van der Waals surface area contributed by atoms with Crippen LogP contribution in [0.3, 0.4) is 0 Å². The SMILES string of the molecule is O=C(O)c1cc([N+](=O)[O-])ccc1NCCc1ccc(Cl)c(Cl)c1. The number of nitro groups is 1. The number of carboxylic acids is 1. The molecule has 2 aromatic carbocycles. The quantitative estimate of drug-likeness (QED) is 0.597. The third kappa shape index (κ3) is 4.34. The molecule has 2 rings (SSSR count). The number of aromatic carboxylic acids is 1. The molecule has 0 radical (unpaired) electrons. The Labute approximate surface area is 141 Å². The molecule has 0 bridgehead atoms. The number of nitrogens with one attached hydrogen (secondary N) is 1. The fourth-order valence-electron chi connectivity index (χ4n) is 2.01. The van der Waals surface area contributed by atoms with E-state index in [-0.39, 0.29) is 11.3 Å². The Morgan fingerprint density at radius 1 is 1.17 bits per heavy atom. The van der Waals surface area contributed by atoms with Crippen LogP contribution >= 0.6 is 23.2 Å². The number of carboxylic acid groups (broad SMARTS) is 1. The van der Waals surface area contributed by atoms with Crippen molar-refractivity contribution in [1.82, 2.24) is 0 Å². The molecular formula is C15H12Cl2N2O4. The smallest absolute Gasteiger partial charge is 0.338 e. The molecule has 6 nitrogen and oxygen atoms in total. The van der Waals surface area contributed by atoms with Crippen LogP contribution in [0.25, 0.3) is 0 Å². The van der Waals surface area contributed by atoms with Gasteiger partial charge in [0.1, 0.15) is 0 Å². The Hall–Kier alpha value is -2.31. The van der Waals surface area contributed by atoms with Crippen molar-refractivity contribution in [3.63, 3.8) is 0 Å². The predicted octanol–water partition coefficient (Wildman–Crippen LogP) is 4.25. The van der Waals surface area contributed by atoms with Gasteiger partial charge in [-0.2, -0.15) is 0 Å². The van der Waals surface area contributed by atoms with Gasteiger partial charge in [-0.3, -0.25) is 10.1 Å². The van der Waals surface area contributed by atoms with Gasteiger partial charge in [0.05, 0.1) is 20.5 Å². The fourth-order valence-corrected chi connectivity index (χ4v) is 2.33. The first-order valence-corrected chi connectivity index (χ1v) is 7.33. The van der Waals surface area contributed by atoms with E-state index in [4.69, 9.17) is 28.3 Å². The van der Waals surface area contributed by atoms with Crippen molar-refractivity contribution in [1.29, 1.82) is 0 Å². The topological polar surface area (TPSA) is 92.5 Å². The number of anilines is 1. The van der Waals surface area contributed by atoms with Gasteiger partial charge in [-0.1, -0.05) is 29.3 Å². The van der Waals surface area contributed by atoms with Gasteiger partial charge < -0.3 is 10.4 Å². The second kappa shape index (κ2) is 7.30. The Morgan fingerprint density at radius 3 is 2.52 bits per heavy atom. The van der Waals surface area contributed by atoms with E-state index >= 15 is 0 Å². The Bertz CT molecular complexity index is 765. The summed E-state index contributed by atoms with van der Waals surface area (Å²) in [6, 6.07) is 8.92. The van der Waals surface area contributed by atoms with Crippen LogP contribution in [0, 0.1) is 10.1 Å². The lowest BCUT2D eigenvalue weighted by molar-refractivity contribution is -0.384. The van der Waals surface area contributed by atoms with Crippen molar-refractivity contribution >= 4 is 40.5 Å². The summed E-state index contributed by atoms with van der Waals surface area (Å²) in [6.45, 7) is 0.441. The number of halogens is 2. The van der Waals surface area contributed by atoms with Gasteiger partial charge in [-0.05, 0) is 30.2 Å². The average molecular weight is 355 g/mol. The highest BCUT2D eigenvalue weighted by atomic mass is 35.5. The maximum Gasteiger partial charge on any atom is 0.338 e. The molecule has 0 saturated heterocycles. The monoisotopic (exact) mass is 354 g/mol. The van der Waals surface area contributed by atoms with E-state index < -0.39 is 10.9 Å². The molecule has 0 unspecified atom stereocenters. The van der Waals surface area contributed by atoms with Crippen LogP contribution in [0.5, 0.6) is 0 Å². The number of hydrogen-bond acceptors (Lipinski definition) is 4. The molecule has 0 aliphatic rings. The predicted molar refractivity (Wildman–Crippen MR) is 88.7 cm³/mol. The standard InChI is InChI=1S/C15H12Cl2N2O4/c16-12-3-1-9(7-13(12)17)5-6-18-14-4-2-10(19(22)23)8-11(14)15(20)21/h1-4,7-8,18H,5-6H2,(H,20,21). The van der Waals surface area contributed by atoms with Crippen molar-refractivity contribution < 1.29 is 14.8 Å². The van der Waals surface area contributed by atoms with Crippen molar-refractivity contribution in [2.24, 2.45) is 0 Å². The molecule has 0 aliphatic carbocycles. The molecule has 0 atom stereocenters. The van der Waals surface area contributed by atoms with Gasteiger partial charge in [0, 0.05) is 24.4 Å². The summed E-state index contributed by atoms with van der Waals surface area (Å²) >= 11 is 11.8. The Morgan fingerprint density at radius 2 is 1.91 bits per heavy atom. The van der Waals surface area contributed by atoms with Crippen LogP contribution in [0.2, 0.25) is 10.0 Å². The van der Waals surface area contributed by atoms with E-state index in [0.717, 1.165) is 11.6 Å². The first kappa shape index (κ1) is 17.1. The van der Waals surface area contributed by atoms with Crippen molar-refractivity contribution in [3.8, 4) is 0 Å². The molecular weight excluding hydrogens is 343 g/mol. The lowest BCUT2D eigenvalue weighted by Gasteiger charge is -2.10. The summed E-state index contributed by atoms with van der Waals surface area (Å²) in [4.78, 5) is 21.3. The number of benzene rings is 2. The maximum absolute atomic E-state index is 11.2. The number of non-ortho nitro benzene ring substituents is 1. The highest BCUT2D eigenvalue weighted by molar-refractivity contribution is 6.42. The van der Waals surface area contributed by atoms with E-state index in [1.165, 1.54) is 12.1 Å². The zero-order valence-electron chi connectivity index (χ0n) is 11.8. The summed E-state index contributed by atoms with van der Waals surface area (Å²) in [5.74, 6) is -1.23. The Balaban J connectivity index is 2.09. The molecule has 0 aliphatic heterocycles. The van der Waals surface area contributed by atoms with E-state index in [1.54, 1.807) is 12.1 Å². The molecule has 0 spiro atoms. The second-order valence-corrected chi connectivity index (χ2v) is 5.53. The summed E-state index contributed by atoms with van der Waals surface area (Å²) in [5.41, 5.74) is 0.847. The molecule has 0 heterocycles. The van der Waals surface area contributed by atoms with Gasteiger partial charge in [-0.25, -0.2) is 4.79 Å². The van der Waals surface area contributed by atoms with Crippen LogP contribution in [0.4, 0.5) is 11.4 Å². The number of nitrogens with zero attached hydrogens (tertiary/aromatic N) is 1. The molecule has 2 N–H and O–H groups in total. The van der Waals surface area contributed by atoms with Crippen molar-refractivity contribution in [2.45, 2.75) is 6.42 Å². The number of carbonyl (C=O) groups is 1. The third-order valence-electron chi connectivity index (χ3n) is 3.16. The minimum absolute atomic E-state index is 0.145. The number of nitro benzene ring substituents is 1. The molecule has 120 valence electrons. The highest BCUT2D eigenvalue weighted by Crippen LogP contribution is 2.24. The largest absolute Gasteiger partial charge is 0.478 e. The van der Waals surface area contributed by atoms with Crippen LogP contribution in [-0.2, 0) is 6.42 Å². The fraction of sp³-hybridized carbons (Fsp3) is 0.133. The second-order valence-electron chi connectivity index (χ2n) is 4.72. The van der Waals surface area contributed by atoms with Crippen LogP contribution < -0.4 is 5.32 Å². The van der Waals surface area contributed by atoms with Crippen molar-refractivity contribution in [3.05, 3.63) is 67.7 Å². The van der Waals surface area contributed by atoms with Gasteiger partial charge in [-0.15, -0.1) is 0 Å². The Kier molecular flexibility index (Phi) is 5.41. The van der Waals surface area contributed by atoms with Gasteiger partial charge >= 0.3 is 5.97 Å². The average Bonchev–Trinajstić information content (AvgIpc) is 2.50. The summed E-state index contributed by atoms with van der Waals surface area (Å²) < 4.78 is 0. The molecule has 0 saturated carbocycles. The zero-order chi connectivity index (χ0) is 17.0. The van der Waals surface area contributed by atoms with Crippen LogP contribution in [0.15, 0.2) is 36.4 Å². The molecule has 0 aromatic heterocycles. The van der Waals surface area contributed by atoms with Gasteiger partial charge in [0.15, 0.2) is 0 Å². The molecule has 0 fully saturated rings. The summed E-state index contributed by atoms with van der Waals surface area (Å²) in [5, 5.41) is 23.8. The van der Waals surface area contributed by atoms with Crippen LogP contribution in [-0.4, -0.2) is 22.5 Å². The maximum atomic E-state index is 11.2. The van der Waals surface area contributed by atoms with E-state index in [0.29, 0.717) is 28.7 Å². The van der Waals surface area contributed by atoms with Gasteiger partial charge in [0.25, 0.3) is 5.69 Å². The molecule has 23 heavy (non-hydrogen) atoms. The number of rotatable bonds is 6. The third-order valence-corrected chi connectivity index (χ3v) is 3.90. The van der Waals surface area contributed by atoms with Crippen molar-refractivity contribution in [2.75, 3.05) is 11.9 Å². The molecule has 8 heteroatoms. The zero-order valence-corrected chi connectivity index (χ0v) is 13.3. The summed E-state index contributed by atoms with van der Waals surface area (Å²) in [7, 11) is 0. The number of hydrogen-bond donors (Lipinski definition) is 2. The molecule has 0 amide bonds. The minimum Gasteiger partial charge on any atom is -0.478 e. The lowest BCUT2D eigenvalue weighted by Crippen LogP contribution is -2.10.